The van der Waals surface area contributed by atoms with Crippen molar-refractivity contribution in [1.29, 1.82) is 0 Å². The maximum absolute atomic E-state index is 5.87. The summed E-state index contributed by atoms with van der Waals surface area (Å²) in [5, 5.41) is 0. The molecule has 3 nitrogen and oxygen atoms in total. The second-order valence-electron chi connectivity index (χ2n) is 4.88. The van der Waals surface area contributed by atoms with Crippen LogP contribution in [0.3, 0.4) is 0 Å². The number of pyridine rings is 1. The SMILES string of the molecule is NCCc1ccc(OCC2CSc3ccccc32)cn1. The molecular weight excluding hydrogens is 268 g/mol. The first kappa shape index (κ1) is 13.5. The fourth-order valence-corrected chi connectivity index (χ4v) is 3.59. The van der Waals surface area contributed by atoms with Crippen molar-refractivity contribution < 1.29 is 4.74 Å². The molecule has 0 saturated heterocycles. The molecule has 2 heterocycles. The summed E-state index contributed by atoms with van der Waals surface area (Å²) < 4.78 is 5.87. The van der Waals surface area contributed by atoms with Gasteiger partial charge in [0, 0.05) is 28.7 Å². The van der Waals surface area contributed by atoms with E-state index in [2.05, 4.69) is 29.2 Å². The van der Waals surface area contributed by atoms with Crippen molar-refractivity contribution in [2.24, 2.45) is 5.73 Å². The molecule has 0 saturated carbocycles. The van der Waals surface area contributed by atoms with Crippen molar-refractivity contribution in [3.8, 4) is 5.75 Å². The third-order valence-electron chi connectivity index (χ3n) is 3.45. The summed E-state index contributed by atoms with van der Waals surface area (Å²) in [6, 6.07) is 12.5. The molecule has 2 aromatic rings. The number of nitrogens with zero attached hydrogens (tertiary/aromatic N) is 1. The topological polar surface area (TPSA) is 48.1 Å². The van der Waals surface area contributed by atoms with Gasteiger partial charge in [-0.25, -0.2) is 0 Å². The Bertz CT molecular complexity index is 571. The minimum absolute atomic E-state index is 0.472. The van der Waals surface area contributed by atoms with E-state index in [0.717, 1.165) is 23.6 Å². The Morgan fingerprint density at radius 1 is 1.25 bits per heavy atom. The van der Waals surface area contributed by atoms with Crippen molar-refractivity contribution >= 4 is 11.8 Å². The summed E-state index contributed by atoms with van der Waals surface area (Å²) in [6.07, 6.45) is 2.60. The molecule has 1 aliphatic heterocycles. The van der Waals surface area contributed by atoms with Gasteiger partial charge in [0.15, 0.2) is 0 Å². The second-order valence-corrected chi connectivity index (χ2v) is 5.94. The van der Waals surface area contributed by atoms with Gasteiger partial charge < -0.3 is 10.5 Å². The number of fused-ring (bicyclic) bond motifs is 1. The quantitative estimate of drug-likeness (QED) is 0.918. The molecule has 0 aliphatic carbocycles. The van der Waals surface area contributed by atoms with Crippen LogP contribution in [0, 0.1) is 0 Å². The average Bonchev–Trinajstić information content (AvgIpc) is 2.90. The summed E-state index contributed by atoms with van der Waals surface area (Å²) in [5.74, 6) is 2.40. The summed E-state index contributed by atoms with van der Waals surface area (Å²) in [6.45, 7) is 1.34. The second kappa shape index (κ2) is 6.29. The van der Waals surface area contributed by atoms with E-state index < -0.39 is 0 Å². The lowest BCUT2D eigenvalue weighted by atomic mass is 10.0. The number of aromatic nitrogens is 1. The Kier molecular flexibility index (Phi) is 4.23. The van der Waals surface area contributed by atoms with Crippen LogP contribution in [0.25, 0.3) is 0 Å². The minimum Gasteiger partial charge on any atom is -0.491 e. The van der Waals surface area contributed by atoms with Crippen molar-refractivity contribution in [1.82, 2.24) is 4.98 Å². The average molecular weight is 286 g/mol. The molecule has 1 aromatic carbocycles. The van der Waals surface area contributed by atoms with Crippen molar-refractivity contribution in [2.45, 2.75) is 17.2 Å². The van der Waals surface area contributed by atoms with E-state index in [-0.39, 0.29) is 0 Å². The van der Waals surface area contributed by atoms with Gasteiger partial charge in [0.2, 0.25) is 0 Å². The number of nitrogens with two attached hydrogens (primary N) is 1. The largest absolute Gasteiger partial charge is 0.491 e. The fraction of sp³-hybridized carbons (Fsp3) is 0.312. The van der Waals surface area contributed by atoms with Gasteiger partial charge in [-0.2, -0.15) is 0 Å². The third-order valence-corrected chi connectivity index (χ3v) is 4.70. The summed E-state index contributed by atoms with van der Waals surface area (Å²) in [7, 11) is 0. The van der Waals surface area contributed by atoms with E-state index in [0.29, 0.717) is 19.1 Å². The lowest BCUT2D eigenvalue weighted by molar-refractivity contribution is 0.296. The molecular formula is C16H18N2OS. The molecule has 4 heteroatoms. The van der Waals surface area contributed by atoms with E-state index >= 15 is 0 Å². The molecule has 0 spiro atoms. The zero-order valence-corrected chi connectivity index (χ0v) is 12.1. The Morgan fingerprint density at radius 2 is 2.15 bits per heavy atom. The van der Waals surface area contributed by atoms with E-state index in [1.54, 1.807) is 6.20 Å². The van der Waals surface area contributed by atoms with Crippen molar-refractivity contribution in [3.05, 3.63) is 53.9 Å². The molecule has 1 atom stereocenters. The van der Waals surface area contributed by atoms with Crippen LogP contribution < -0.4 is 10.5 Å². The van der Waals surface area contributed by atoms with Gasteiger partial charge in [-0.05, 0) is 30.3 Å². The smallest absolute Gasteiger partial charge is 0.137 e. The molecule has 1 aromatic heterocycles. The first-order chi connectivity index (χ1) is 9.86. The summed E-state index contributed by atoms with van der Waals surface area (Å²) in [4.78, 5) is 5.73. The van der Waals surface area contributed by atoms with Crippen LogP contribution in [0.1, 0.15) is 17.2 Å². The number of hydrogen-bond donors (Lipinski definition) is 1. The predicted octanol–water partition coefficient (Wildman–Crippen LogP) is 2.85. The van der Waals surface area contributed by atoms with E-state index in [4.69, 9.17) is 10.5 Å². The lowest BCUT2D eigenvalue weighted by Crippen LogP contribution is -2.10. The number of ether oxygens (including phenoxy) is 1. The van der Waals surface area contributed by atoms with Crippen LogP contribution in [-0.2, 0) is 6.42 Å². The maximum Gasteiger partial charge on any atom is 0.137 e. The zero-order valence-electron chi connectivity index (χ0n) is 11.3. The monoisotopic (exact) mass is 286 g/mol. The van der Waals surface area contributed by atoms with E-state index in [1.165, 1.54) is 10.5 Å². The Balaban J connectivity index is 1.60. The molecule has 1 aliphatic rings. The Morgan fingerprint density at radius 3 is 2.95 bits per heavy atom. The van der Waals surface area contributed by atoms with Crippen LogP contribution in [0.2, 0.25) is 0 Å². The van der Waals surface area contributed by atoms with Crippen LogP contribution in [0.4, 0.5) is 0 Å². The van der Waals surface area contributed by atoms with Gasteiger partial charge in [-0.15, -0.1) is 11.8 Å². The molecule has 3 rings (SSSR count). The van der Waals surface area contributed by atoms with Gasteiger partial charge in [0.25, 0.3) is 0 Å². The highest BCUT2D eigenvalue weighted by Gasteiger charge is 2.23. The van der Waals surface area contributed by atoms with Crippen molar-refractivity contribution in [2.75, 3.05) is 18.9 Å². The van der Waals surface area contributed by atoms with Gasteiger partial charge in [-0.1, -0.05) is 18.2 Å². The predicted molar refractivity (Wildman–Crippen MR) is 82.4 cm³/mol. The normalized spacial score (nSPS) is 16.9. The molecule has 0 radical (unpaired) electrons. The molecule has 20 heavy (non-hydrogen) atoms. The number of thioether (sulfide) groups is 1. The van der Waals surface area contributed by atoms with E-state index in [1.807, 2.05) is 23.9 Å². The number of hydrogen-bond acceptors (Lipinski definition) is 4. The summed E-state index contributed by atoms with van der Waals surface area (Å²) in [5.41, 5.74) is 7.93. The lowest BCUT2D eigenvalue weighted by Gasteiger charge is -2.12. The first-order valence-corrected chi connectivity index (χ1v) is 7.85. The Hall–Kier alpha value is -1.52. The number of rotatable bonds is 5. The minimum atomic E-state index is 0.472. The van der Waals surface area contributed by atoms with Gasteiger partial charge in [-0.3, -0.25) is 4.98 Å². The first-order valence-electron chi connectivity index (χ1n) is 6.86. The Labute approximate surface area is 123 Å². The zero-order chi connectivity index (χ0) is 13.8. The van der Waals surface area contributed by atoms with Crippen LogP contribution >= 0.6 is 11.8 Å². The highest BCUT2D eigenvalue weighted by molar-refractivity contribution is 7.99. The van der Waals surface area contributed by atoms with Crippen LogP contribution in [-0.4, -0.2) is 23.9 Å². The molecule has 1 unspecified atom stereocenters. The molecule has 0 amide bonds. The van der Waals surface area contributed by atoms with Crippen LogP contribution in [0.15, 0.2) is 47.5 Å². The van der Waals surface area contributed by atoms with Gasteiger partial charge >= 0.3 is 0 Å². The van der Waals surface area contributed by atoms with Gasteiger partial charge in [0.05, 0.1) is 12.8 Å². The summed E-state index contributed by atoms with van der Waals surface area (Å²) >= 11 is 1.91. The van der Waals surface area contributed by atoms with Crippen molar-refractivity contribution in [3.63, 3.8) is 0 Å². The molecule has 2 N–H and O–H groups in total. The molecule has 0 bridgehead atoms. The molecule has 0 fully saturated rings. The van der Waals surface area contributed by atoms with Crippen LogP contribution in [0.5, 0.6) is 5.75 Å². The highest BCUT2D eigenvalue weighted by atomic mass is 32.2. The maximum atomic E-state index is 5.87. The van der Waals surface area contributed by atoms with Gasteiger partial charge in [0.1, 0.15) is 5.75 Å². The third kappa shape index (κ3) is 2.97. The van der Waals surface area contributed by atoms with E-state index in [9.17, 15) is 0 Å². The highest BCUT2D eigenvalue weighted by Crippen LogP contribution is 2.39. The fourth-order valence-electron chi connectivity index (χ4n) is 2.36. The standard InChI is InChI=1S/C16H18N2OS/c17-8-7-13-5-6-14(9-18-13)19-10-12-11-20-16-4-2-1-3-15(12)16/h1-6,9,12H,7-8,10-11,17H2. The molecule has 104 valence electrons. The number of benzene rings is 1.